The third kappa shape index (κ3) is 2.78. The summed E-state index contributed by atoms with van der Waals surface area (Å²) in [5.74, 6) is -1.16. The Labute approximate surface area is 120 Å². The number of pyridine rings is 1. The predicted molar refractivity (Wildman–Crippen MR) is 75.9 cm³/mol. The summed E-state index contributed by atoms with van der Waals surface area (Å²) >= 11 is 0. The highest BCUT2D eigenvalue weighted by atomic mass is 16.5. The van der Waals surface area contributed by atoms with Crippen LogP contribution >= 0.6 is 0 Å². The molecule has 0 amide bonds. The van der Waals surface area contributed by atoms with Gasteiger partial charge in [0.1, 0.15) is 5.58 Å². The molecule has 0 bridgehead atoms. The molecule has 2 heterocycles. The first-order valence-corrected chi connectivity index (χ1v) is 6.46. The molecule has 5 heteroatoms. The van der Waals surface area contributed by atoms with Crippen LogP contribution in [0.5, 0.6) is 0 Å². The fraction of sp³-hybridized carbons (Fsp3) is 0.125. The zero-order valence-corrected chi connectivity index (χ0v) is 11.2. The number of nitrogens with zero attached hydrogens (tertiary/aromatic N) is 1. The van der Waals surface area contributed by atoms with E-state index in [9.17, 15) is 9.90 Å². The van der Waals surface area contributed by atoms with Crippen LogP contribution in [0.15, 0.2) is 53.2 Å². The van der Waals surface area contributed by atoms with E-state index in [0.717, 1.165) is 10.9 Å². The number of para-hydroxylation sites is 1. The zero-order chi connectivity index (χ0) is 14.7. The van der Waals surface area contributed by atoms with Crippen molar-refractivity contribution < 1.29 is 19.1 Å². The molecule has 0 aliphatic carbocycles. The summed E-state index contributed by atoms with van der Waals surface area (Å²) in [4.78, 5) is 15.3. The number of furan rings is 1. The maximum Gasteiger partial charge on any atom is 0.372 e. The first kappa shape index (κ1) is 13.3. The van der Waals surface area contributed by atoms with Crippen LogP contribution in [0, 0.1) is 0 Å². The first-order valence-electron chi connectivity index (χ1n) is 6.46. The fourth-order valence-corrected chi connectivity index (χ4v) is 2.17. The molecule has 0 aliphatic heterocycles. The molecule has 0 saturated carbocycles. The van der Waals surface area contributed by atoms with E-state index in [1.165, 1.54) is 0 Å². The molecule has 0 unspecified atom stereocenters. The zero-order valence-electron chi connectivity index (χ0n) is 11.2. The van der Waals surface area contributed by atoms with E-state index in [4.69, 9.17) is 9.15 Å². The summed E-state index contributed by atoms with van der Waals surface area (Å²) in [6.07, 6.45) is 3.40. The number of aromatic nitrogens is 1. The van der Waals surface area contributed by atoms with Gasteiger partial charge >= 0.3 is 5.97 Å². The maximum atomic E-state index is 11.3. The van der Waals surface area contributed by atoms with E-state index in [1.807, 2.05) is 24.3 Å². The van der Waals surface area contributed by atoms with Crippen LogP contribution in [0.1, 0.15) is 21.7 Å². The molecular weight excluding hydrogens is 270 g/mol. The van der Waals surface area contributed by atoms with Gasteiger partial charge in [0.15, 0.2) is 0 Å². The normalized spacial score (nSPS) is 10.9. The Hall–Kier alpha value is -2.66. The van der Waals surface area contributed by atoms with Crippen molar-refractivity contribution in [3.05, 3.63) is 65.7 Å². The molecule has 2 aromatic heterocycles. The quantitative estimate of drug-likeness (QED) is 0.778. The van der Waals surface area contributed by atoms with Gasteiger partial charge in [-0.25, -0.2) is 4.79 Å². The van der Waals surface area contributed by atoms with E-state index < -0.39 is 5.97 Å². The molecule has 0 fully saturated rings. The smallest absolute Gasteiger partial charge is 0.372 e. The number of carboxylic acids is 1. The lowest BCUT2D eigenvalue weighted by Gasteiger charge is -2.03. The van der Waals surface area contributed by atoms with Crippen molar-refractivity contribution >= 4 is 16.9 Å². The fourth-order valence-electron chi connectivity index (χ4n) is 2.17. The predicted octanol–water partition coefficient (Wildman–Crippen LogP) is 3.24. The average molecular weight is 283 g/mol. The number of benzene rings is 1. The van der Waals surface area contributed by atoms with Gasteiger partial charge in [-0.15, -0.1) is 0 Å². The Balaban J connectivity index is 1.82. The molecule has 0 radical (unpaired) electrons. The van der Waals surface area contributed by atoms with Crippen LogP contribution in [0.2, 0.25) is 0 Å². The van der Waals surface area contributed by atoms with E-state index in [0.29, 0.717) is 17.8 Å². The van der Waals surface area contributed by atoms with Crippen molar-refractivity contribution in [2.45, 2.75) is 13.2 Å². The molecule has 106 valence electrons. The van der Waals surface area contributed by atoms with Crippen LogP contribution in [-0.4, -0.2) is 16.1 Å². The summed E-state index contributed by atoms with van der Waals surface area (Å²) in [6, 6.07) is 10.9. The van der Waals surface area contributed by atoms with Crippen molar-refractivity contribution in [1.82, 2.24) is 4.98 Å². The molecule has 1 aromatic carbocycles. The van der Waals surface area contributed by atoms with Crippen molar-refractivity contribution in [3.63, 3.8) is 0 Å². The Morgan fingerprint density at radius 3 is 2.81 bits per heavy atom. The van der Waals surface area contributed by atoms with E-state index >= 15 is 0 Å². The number of hydrogen-bond acceptors (Lipinski definition) is 4. The van der Waals surface area contributed by atoms with Gasteiger partial charge in [-0.05, 0) is 17.7 Å². The molecule has 21 heavy (non-hydrogen) atoms. The molecule has 1 N–H and O–H groups in total. The minimum absolute atomic E-state index is 0.0672. The van der Waals surface area contributed by atoms with Gasteiger partial charge in [-0.2, -0.15) is 0 Å². The number of fused-ring (bicyclic) bond motifs is 1. The standard InChI is InChI=1S/C16H13NO4/c18-16(19)15-13(12-5-1-2-6-14(12)21-15)10-20-9-11-4-3-7-17-8-11/h1-8H,9-10H2,(H,18,19). The summed E-state index contributed by atoms with van der Waals surface area (Å²) in [6.45, 7) is 0.542. The number of carboxylic acid groups (broad SMARTS) is 1. The molecule has 0 spiro atoms. The molecule has 3 rings (SSSR count). The average Bonchev–Trinajstić information content (AvgIpc) is 2.88. The molecule has 0 aliphatic rings. The first-order chi connectivity index (χ1) is 10.3. The maximum absolute atomic E-state index is 11.3. The summed E-state index contributed by atoms with van der Waals surface area (Å²) in [7, 11) is 0. The van der Waals surface area contributed by atoms with Crippen LogP contribution < -0.4 is 0 Å². The van der Waals surface area contributed by atoms with Gasteiger partial charge in [0.2, 0.25) is 5.76 Å². The molecular formula is C16H13NO4. The van der Waals surface area contributed by atoms with Crippen molar-refractivity contribution in [2.24, 2.45) is 0 Å². The Morgan fingerprint density at radius 1 is 1.19 bits per heavy atom. The number of rotatable bonds is 5. The van der Waals surface area contributed by atoms with Crippen molar-refractivity contribution in [3.8, 4) is 0 Å². The van der Waals surface area contributed by atoms with Gasteiger partial charge < -0.3 is 14.3 Å². The highest BCUT2D eigenvalue weighted by molar-refractivity contribution is 5.94. The number of ether oxygens (including phenoxy) is 1. The molecule has 3 aromatic rings. The lowest BCUT2D eigenvalue weighted by atomic mass is 10.1. The topological polar surface area (TPSA) is 72.6 Å². The number of hydrogen-bond donors (Lipinski definition) is 1. The van der Waals surface area contributed by atoms with Crippen LogP contribution in [0.4, 0.5) is 0 Å². The summed E-state index contributed by atoms with van der Waals surface area (Å²) in [5, 5.41) is 9.99. The molecule has 0 saturated heterocycles. The summed E-state index contributed by atoms with van der Waals surface area (Å²) < 4.78 is 11.0. The van der Waals surface area contributed by atoms with Gasteiger partial charge in [0, 0.05) is 23.3 Å². The van der Waals surface area contributed by atoms with Gasteiger partial charge in [-0.1, -0.05) is 24.3 Å². The van der Waals surface area contributed by atoms with Gasteiger partial charge in [-0.3, -0.25) is 4.98 Å². The second-order valence-electron chi connectivity index (χ2n) is 4.57. The van der Waals surface area contributed by atoms with Gasteiger partial charge in [0.25, 0.3) is 0 Å². The Kier molecular flexibility index (Phi) is 3.66. The van der Waals surface area contributed by atoms with Crippen LogP contribution in [-0.2, 0) is 18.0 Å². The monoisotopic (exact) mass is 283 g/mol. The highest BCUT2D eigenvalue weighted by Crippen LogP contribution is 2.26. The van der Waals surface area contributed by atoms with Gasteiger partial charge in [0.05, 0.1) is 13.2 Å². The third-order valence-electron chi connectivity index (χ3n) is 3.13. The third-order valence-corrected chi connectivity index (χ3v) is 3.13. The molecule has 0 atom stereocenters. The highest BCUT2D eigenvalue weighted by Gasteiger charge is 2.19. The SMILES string of the molecule is O=C(O)c1oc2ccccc2c1COCc1cccnc1. The molecule has 5 nitrogen and oxygen atoms in total. The summed E-state index contributed by atoms with van der Waals surface area (Å²) in [5.41, 5.74) is 2.04. The second-order valence-corrected chi connectivity index (χ2v) is 4.57. The minimum atomic E-state index is -1.09. The number of carbonyl (C=O) groups is 1. The minimum Gasteiger partial charge on any atom is -0.475 e. The Morgan fingerprint density at radius 2 is 2.05 bits per heavy atom. The lowest BCUT2D eigenvalue weighted by Crippen LogP contribution is -2.01. The van der Waals surface area contributed by atoms with E-state index in [-0.39, 0.29) is 12.4 Å². The number of aromatic carboxylic acids is 1. The Bertz CT molecular complexity index is 764. The van der Waals surface area contributed by atoms with Crippen molar-refractivity contribution in [1.29, 1.82) is 0 Å². The lowest BCUT2D eigenvalue weighted by molar-refractivity contribution is 0.0649. The van der Waals surface area contributed by atoms with Crippen molar-refractivity contribution in [2.75, 3.05) is 0 Å². The largest absolute Gasteiger partial charge is 0.475 e. The van der Waals surface area contributed by atoms with E-state index in [2.05, 4.69) is 4.98 Å². The second kappa shape index (κ2) is 5.76. The van der Waals surface area contributed by atoms with E-state index in [1.54, 1.807) is 24.5 Å². The van der Waals surface area contributed by atoms with Crippen LogP contribution in [0.25, 0.3) is 11.0 Å². The van der Waals surface area contributed by atoms with Crippen LogP contribution in [0.3, 0.4) is 0 Å².